The minimum atomic E-state index is 0.824. The Kier molecular flexibility index (Phi) is 4.69. The molecule has 8 heteroatoms. The Bertz CT molecular complexity index is 1120. The van der Waals surface area contributed by atoms with Crippen LogP contribution < -0.4 is 10.2 Å². The maximum atomic E-state index is 4.80. The standard InChI is InChI=1S/C21H24N8/c1-16-15-19-25-20(17-5-2-3-6-18(17)29(19)26-16)22-9-10-27-11-13-28(14-12-27)21-23-7-4-8-24-21/h2-8,15H,9-14H2,1H3,(H,22,25). The number of benzene rings is 1. The fraction of sp³-hybridized carbons (Fsp3) is 0.333. The van der Waals surface area contributed by atoms with Crippen molar-refractivity contribution in [2.75, 3.05) is 49.5 Å². The van der Waals surface area contributed by atoms with Crippen molar-refractivity contribution in [2.24, 2.45) is 0 Å². The van der Waals surface area contributed by atoms with E-state index in [0.717, 1.165) is 73.3 Å². The fourth-order valence-corrected chi connectivity index (χ4v) is 3.87. The molecule has 29 heavy (non-hydrogen) atoms. The van der Waals surface area contributed by atoms with Gasteiger partial charge in [-0.05, 0) is 25.1 Å². The molecule has 8 nitrogen and oxygen atoms in total. The third kappa shape index (κ3) is 3.58. The highest BCUT2D eigenvalue weighted by atomic mass is 15.3. The van der Waals surface area contributed by atoms with Crippen molar-refractivity contribution in [3.05, 3.63) is 54.5 Å². The summed E-state index contributed by atoms with van der Waals surface area (Å²) >= 11 is 0. The molecule has 0 unspecified atom stereocenters. The van der Waals surface area contributed by atoms with Gasteiger partial charge in [0.25, 0.3) is 0 Å². The summed E-state index contributed by atoms with van der Waals surface area (Å²) in [5.41, 5.74) is 2.92. The summed E-state index contributed by atoms with van der Waals surface area (Å²) < 4.78 is 1.92. The number of para-hydroxylation sites is 1. The minimum Gasteiger partial charge on any atom is -0.368 e. The fourth-order valence-electron chi connectivity index (χ4n) is 3.87. The van der Waals surface area contributed by atoms with Gasteiger partial charge in [-0.15, -0.1) is 0 Å². The van der Waals surface area contributed by atoms with Crippen LogP contribution in [0.1, 0.15) is 5.69 Å². The predicted molar refractivity (Wildman–Crippen MR) is 114 cm³/mol. The molecule has 5 rings (SSSR count). The first-order valence-corrected chi connectivity index (χ1v) is 10.0. The average molecular weight is 388 g/mol. The van der Waals surface area contributed by atoms with Crippen LogP contribution in [0.2, 0.25) is 0 Å². The minimum absolute atomic E-state index is 0.824. The highest BCUT2D eigenvalue weighted by molar-refractivity contribution is 5.91. The molecule has 4 aromatic rings. The Balaban J connectivity index is 1.23. The number of hydrogen-bond donors (Lipinski definition) is 1. The number of aromatic nitrogens is 5. The Morgan fingerprint density at radius 3 is 2.62 bits per heavy atom. The molecule has 1 aliphatic heterocycles. The summed E-state index contributed by atoms with van der Waals surface area (Å²) in [6.07, 6.45) is 3.60. The molecule has 0 spiro atoms. The molecule has 0 amide bonds. The van der Waals surface area contributed by atoms with Gasteiger partial charge in [-0.1, -0.05) is 12.1 Å². The first-order valence-electron chi connectivity index (χ1n) is 10.0. The van der Waals surface area contributed by atoms with E-state index in [1.54, 1.807) is 12.4 Å². The number of nitrogens with zero attached hydrogens (tertiary/aromatic N) is 7. The smallest absolute Gasteiger partial charge is 0.225 e. The van der Waals surface area contributed by atoms with E-state index in [2.05, 4.69) is 42.3 Å². The lowest BCUT2D eigenvalue weighted by Gasteiger charge is -2.34. The monoisotopic (exact) mass is 388 g/mol. The molecule has 3 aromatic heterocycles. The van der Waals surface area contributed by atoms with Crippen LogP contribution in [0, 0.1) is 6.92 Å². The van der Waals surface area contributed by atoms with E-state index in [1.807, 2.05) is 35.7 Å². The molecular weight excluding hydrogens is 364 g/mol. The van der Waals surface area contributed by atoms with E-state index in [9.17, 15) is 0 Å². The van der Waals surface area contributed by atoms with Gasteiger partial charge in [-0.2, -0.15) is 5.10 Å². The van der Waals surface area contributed by atoms with Gasteiger partial charge in [-0.3, -0.25) is 4.90 Å². The van der Waals surface area contributed by atoms with Crippen molar-refractivity contribution in [1.82, 2.24) is 29.5 Å². The largest absolute Gasteiger partial charge is 0.368 e. The van der Waals surface area contributed by atoms with Crippen molar-refractivity contribution in [1.29, 1.82) is 0 Å². The van der Waals surface area contributed by atoms with Crippen LogP contribution in [0.15, 0.2) is 48.8 Å². The second kappa shape index (κ2) is 7.63. The maximum absolute atomic E-state index is 4.80. The number of fused-ring (bicyclic) bond motifs is 3. The summed E-state index contributed by atoms with van der Waals surface area (Å²) in [6, 6.07) is 12.1. The third-order valence-electron chi connectivity index (χ3n) is 5.35. The van der Waals surface area contributed by atoms with Gasteiger partial charge >= 0.3 is 0 Å². The van der Waals surface area contributed by atoms with Gasteiger partial charge in [0.15, 0.2) is 5.65 Å². The molecule has 4 heterocycles. The topological polar surface area (TPSA) is 74.5 Å². The van der Waals surface area contributed by atoms with Crippen LogP contribution >= 0.6 is 0 Å². The summed E-state index contributed by atoms with van der Waals surface area (Å²) in [5.74, 6) is 1.75. The predicted octanol–water partition coefficient (Wildman–Crippen LogP) is 2.22. The third-order valence-corrected chi connectivity index (χ3v) is 5.35. The number of hydrogen-bond acceptors (Lipinski definition) is 7. The molecule has 0 atom stereocenters. The van der Waals surface area contributed by atoms with E-state index in [4.69, 9.17) is 4.98 Å². The van der Waals surface area contributed by atoms with Crippen LogP contribution in [-0.2, 0) is 0 Å². The Morgan fingerprint density at radius 2 is 1.79 bits per heavy atom. The first-order chi connectivity index (χ1) is 14.3. The van der Waals surface area contributed by atoms with E-state index in [1.165, 1.54) is 0 Å². The van der Waals surface area contributed by atoms with Crippen molar-refractivity contribution < 1.29 is 0 Å². The summed E-state index contributed by atoms with van der Waals surface area (Å²) in [7, 11) is 0. The summed E-state index contributed by atoms with van der Waals surface area (Å²) in [6.45, 7) is 7.74. The lowest BCUT2D eigenvalue weighted by atomic mass is 10.2. The van der Waals surface area contributed by atoms with Crippen LogP contribution in [0.25, 0.3) is 16.6 Å². The van der Waals surface area contributed by atoms with Crippen molar-refractivity contribution >= 4 is 28.3 Å². The zero-order valence-corrected chi connectivity index (χ0v) is 16.5. The first kappa shape index (κ1) is 17.8. The van der Waals surface area contributed by atoms with Gasteiger partial charge in [0.1, 0.15) is 5.82 Å². The highest BCUT2D eigenvalue weighted by Crippen LogP contribution is 2.23. The second-order valence-electron chi connectivity index (χ2n) is 7.34. The number of anilines is 2. The Labute approximate surface area is 169 Å². The summed E-state index contributed by atoms with van der Waals surface area (Å²) in [4.78, 5) is 18.2. The van der Waals surface area contributed by atoms with Crippen LogP contribution in [0.4, 0.5) is 11.8 Å². The van der Waals surface area contributed by atoms with E-state index < -0.39 is 0 Å². The molecule has 1 aliphatic rings. The molecule has 0 radical (unpaired) electrons. The molecular formula is C21H24N8. The van der Waals surface area contributed by atoms with Gasteiger partial charge in [-0.25, -0.2) is 19.5 Å². The Morgan fingerprint density at radius 1 is 1.00 bits per heavy atom. The van der Waals surface area contributed by atoms with Gasteiger partial charge < -0.3 is 10.2 Å². The van der Waals surface area contributed by atoms with Crippen LogP contribution in [0.5, 0.6) is 0 Å². The van der Waals surface area contributed by atoms with Crippen molar-refractivity contribution in [3.63, 3.8) is 0 Å². The molecule has 148 valence electrons. The quantitative estimate of drug-likeness (QED) is 0.562. The Hall–Kier alpha value is -3.26. The molecule has 1 aromatic carbocycles. The second-order valence-corrected chi connectivity index (χ2v) is 7.34. The highest BCUT2D eigenvalue weighted by Gasteiger charge is 2.18. The normalized spacial score (nSPS) is 15.3. The maximum Gasteiger partial charge on any atom is 0.225 e. The molecule has 0 aliphatic carbocycles. The van der Waals surface area contributed by atoms with Gasteiger partial charge in [0.05, 0.1) is 11.2 Å². The zero-order chi connectivity index (χ0) is 19.6. The number of piperazine rings is 1. The van der Waals surface area contributed by atoms with Crippen molar-refractivity contribution in [2.45, 2.75) is 6.92 Å². The van der Waals surface area contributed by atoms with Crippen molar-refractivity contribution in [3.8, 4) is 0 Å². The molecule has 1 N–H and O–H groups in total. The SMILES string of the molecule is Cc1cc2nc(NCCN3CCN(c4ncccn4)CC3)c3ccccc3n2n1. The molecule has 1 saturated heterocycles. The lowest BCUT2D eigenvalue weighted by molar-refractivity contribution is 0.266. The molecule has 1 fully saturated rings. The van der Waals surface area contributed by atoms with E-state index in [0.29, 0.717) is 0 Å². The number of nitrogens with one attached hydrogen (secondary N) is 1. The lowest BCUT2D eigenvalue weighted by Crippen LogP contribution is -2.48. The van der Waals surface area contributed by atoms with Crippen LogP contribution in [-0.4, -0.2) is 68.7 Å². The van der Waals surface area contributed by atoms with Gasteiger partial charge in [0.2, 0.25) is 5.95 Å². The van der Waals surface area contributed by atoms with E-state index in [-0.39, 0.29) is 0 Å². The number of rotatable bonds is 5. The van der Waals surface area contributed by atoms with Gasteiger partial charge in [0, 0.05) is 63.1 Å². The summed E-state index contributed by atoms with van der Waals surface area (Å²) in [5, 5.41) is 9.21. The zero-order valence-electron chi connectivity index (χ0n) is 16.5. The van der Waals surface area contributed by atoms with E-state index >= 15 is 0 Å². The average Bonchev–Trinajstić information content (AvgIpc) is 3.15. The van der Waals surface area contributed by atoms with Crippen LogP contribution in [0.3, 0.4) is 0 Å². The molecule has 0 saturated carbocycles. The number of aryl methyl sites for hydroxylation is 1. The molecule has 0 bridgehead atoms.